The van der Waals surface area contributed by atoms with Gasteiger partial charge in [-0.2, -0.15) is 0 Å². The molecule has 4 N–H and O–H groups in total. The van der Waals surface area contributed by atoms with Crippen LogP contribution in [-0.2, 0) is 9.57 Å². The van der Waals surface area contributed by atoms with E-state index in [0.717, 1.165) is 38.4 Å². The number of anilines is 2. The molecule has 11 heteroatoms. The Morgan fingerprint density at radius 1 is 1.41 bits per heavy atom. The van der Waals surface area contributed by atoms with Gasteiger partial charge < -0.3 is 30.8 Å². The molecule has 2 amide bonds. The number of morpholine rings is 1. The van der Waals surface area contributed by atoms with Crippen molar-refractivity contribution in [1.82, 2.24) is 25.5 Å². The summed E-state index contributed by atoms with van der Waals surface area (Å²) in [5.41, 5.74) is 7.28. The summed E-state index contributed by atoms with van der Waals surface area (Å²) in [7, 11) is 3.33. The number of nitrogens with two attached hydrogens (primary N) is 1. The summed E-state index contributed by atoms with van der Waals surface area (Å²) >= 11 is 0. The molecule has 1 aromatic rings. The lowest BCUT2D eigenvalue weighted by Gasteiger charge is -2.30. The lowest BCUT2D eigenvalue weighted by Crippen LogP contribution is -2.46. The Labute approximate surface area is 202 Å². The van der Waals surface area contributed by atoms with Crippen LogP contribution in [0.1, 0.15) is 32.8 Å². The van der Waals surface area contributed by atoms with Gasteiger partial charge in [-0.15, -0.1) is 0 Å². The van der Waals surface area contributed by atoms with Crippen molar-refractivity contribution < 1.29 is 14.4 Å². The summed E-state index contributed by atoms with van der Waals surface area (Å²) in [6, 6.07) is -0.125. The molecule has 0 radical (unpaired) electrons. The molecule has 0 aliphatic carbocycles. The summed E-state index contributed by atoms with van der Waals surface area (Å²) in [5, 5.41) is 9.75. The fourth-order valence-corrected chi connectivity index (χ4v) is 3.54. The van der Waals surface area contributed by atoms with E-state index < -0.39 is 0 Å². The van der Waals surface area contributed by atoms with Gasteiger partial charge in [0, 0.05) is 44.5 Å². The summed E-state index contributed by atoms with van der Waals surface area (Å²) in [6.07, 6.45) is 9.52. The van der Waals surface area contributed by atoms with Crippen molar-refractivity contribution in [3.05, 3.63) is 35.8 Å². The average Bonchev–Trinajstić information content (AvgIpc) is 2.85. The van der Waals surface area contributed by atoms with Gasteiger partial charge in [0.05, 0.1) is 25.0 Å². The molecule has 2 atom stereocenters. The number of likely N-dealkylation sites (N-methyl/N-ethyl adjacent to an activating group) is 1. The highest BCUT2D eigenvalue weighted by molar-refractivity contribution is 5.91. The Hall–Kier alpha value is -3.18. The standard InChI is InChI=1S/C23H38N8O3/c1-6-18(9-8-17(3)31-10-12-34-13-11-31)28-23(32)29-19(7-2)15-30(4)22-20(14-27-33-5)21(24)25-16-26-22/h6,8-9,14,16-17,19H,7,10-13,15H2,1-5H3,(H2,24,25,26)(H2,28,29,32)/b9-8-,18-6+,27-14+. The molecular weight excluding hydrogens is 436 g/mol. The second kappa shape index (κ2) is 14.2. The number of urea groups is 1. The lowest BCUT2D eigenvalue weighted by atomic mass is 10.2. The highest BCUT2D eigenvalue weighted by Gasteiger charge is 2.18. The monoisotopic (exact) mass is 474 g/mol. The Morgan fingerprint density at radius 2 is 2.15 bits per heavy atom. The Kier molecular flexibility index (Phi) is 11.3. The highest BCUT2D eigenvalue weighted by atomic mass is 16.6. The van der Waals surface area contributed by atoms with E-state index in [1.54, 1.807) is 0 Å². The highest BCUT2D eigenvalue weighted by Crippen LogP contribution is 2.19. The van der Waals surface area contributed by atoms with Crippen molar-refractivity contribution in [2.75, 3.05) is 57.6 Å². The van der Waals surface area contributed by atoms with Crippen molar-refractivity contribution in [3.63, 3.8) is 0 Å². The summed E-state index contributed by atoms with van der Waals surface area (Å²) in [4.78, 5) is 30.0. The SMILES string of the molecule is C/C=C(\C=C/C(C)N1CCOCC1)NC(=O)NC(CC)CN(C)c1ncnc(N)c1/C=N/OC. The molecule has 0 aromatic carbocycles. The van der Waals surface area contributed by atoms with Crippen LogP contribution in [0.4, 0.5) is 16.4 Å². The minimum atomic E-state index is -0.264. The van der Waals surface area contributed by atoms with Crippen molar-refractivity contribution in [1.29, 1.82) is 0 Å². The third kappa shape index (κ3) is 8.31. The quantitative estimate of drug-likeness (QED) is 0.251. The molecule has 1 aliphatic rings. The van der Waals surface area contributed by atoms with Gasteiger partial charge in [-0.05, 0) is 26.3 Å². The van der Waals surface area contributed by atoms with E-state index in [-0.39, 0.29) is 18.1 Å². The van der Waals surface area contributed by atoms with Crippen LogP contribution in [0.2, 0.25) is 0 Å². The molecule has 0 saturated carbocycles. The number of hydrogen-bond acceptors (Lipinski definition) is 9. The number of ether oxygens (including phenoxy) is 1. The van der Waals surface area contributed by atoms with E-state index in [9.17, 15) is 4.79 Å². The van der Waals surface area contributed by atoms with Gasteiger partial charge in [0.15, 0.2) is 0 Å². The Balaban J connectivity index is 1.95. The molecular formula is C23H38N8O3. The van der Waals surface area contributed by atoms with E-state index in [4.69, 9.17) is 15.3 Å². The molecule has 2 heterocycles. The lowest BCUT2D eigenvalue weighted by molar-refractivity contribution is 0.0287. The second-order valence-electron chi connectivity index (χ2n) is 7.99. The Bertz CT molecular complexity index is 868. The van der Waals surface area contributed by atoms with Crippen molar-refractivity contribution in [3.8, 4) is 0 Å². The first-order valence-corrected chi connectivity index (χ1v) is 11.5. The zero-order chi connectivity index (χ0) is 24.9. The van der Waals surface area contributed by atoms with E-state index in [1.165, 1.54) is 19.7 Å². The van der Waals surface area contributed by atoms with Crippen LogP contribution in [0, 0.1) is 0 Å². The fourth-order valence-electron chi connectivity index (χ4n) is 3.54. The molecule has 1 aromatic heterocycles. The van der Waals surface area contributed by atoms with Gasteiger partial charge in [0.2, 0.25) is 0 Å². The number of nitrogens with zero attached hydrogens (tertiary/aromatic N) is 5. The third-order valence-corrected chi connectivity index (χ3v) is 5.61. The van der Waals surface area contributed by atoms with Crippen LogP contribution >= 0.6 is 0 Å². The Morgan fingerprint density at radius 3 is 2.79 bits per heavy atom. The second-order valence-corrected chi connectivity index (χ2v) is 7.99. The maximum absolute atomic E-state index is 12.7. The number of aromatic nitrogens is 2. The van der Waals surface area contributed by atoms with Gasteiger partial charge in [-0.1, -0.05) is 24.2 Å². The number of oxime groups is 1. The number of nitrogen functional groups attached to an aromatic ring is 1. The zero-order valence-corrected chi connectivity index (χ0v) is 20.8. The summed E-state index contributed by atoms with van der Waals surface area (Å²) in [6.45, 7) is 9.90. The third-order valence-electron chi connectivity index (χ3n) is 5.61. The molecule has 0 spiro atoms. The number of carbonyl (C=O) groups excluding carboxylic acids is 1. The first kappa shape index (κ1) is 27.1. The summed E-state index contributed by atoms with van der Waals surface area (Å²) in [5.74, 6) is 0.898. The van der Waals surface area contributed by atoms with E-state index in [0.29, 0.717) is 23.7 Å². The van der Waals surface area contributed by atoms with Crippen molar-refractivity contribution in [2.45, 2.75) is 39.3 Å². The molecule has 11 nitrogen and oxygen atoms in total. The van der Waals surface area contributed by atoms with E-state index in [1.807, 2.05) is 37.9 Å². The fraction of sp³-hybridized carbons (Fsp3) is 0.565. The normalized spacial score (nSPS) is 17.0. The zero-order valence-electron chi connectivity index (χ0n) is 20.8. The van der Waals surface area contributed by atoms with Crippen LogP contribution in [0.25, 0.3) is 0 Å². The van der Waals surface area contributed by atoms with Crippen LogP contribution in [0.3, 0.4) is 0 Å². The molecule has 2 rings (SSSR count). The van der Waals surface area contributed by atoms with E-state index >= 15 is 0 Å². The van der Waals surface area contributed by atoms with Crippen molar-refractivity contribution >= 4 is 23.9 Å². The van der Waals surface area contributed by atoms with Gasteiger partial charge >= 0.3 is 6.03 Å². The largest absolute Gasteiger partial charge is 0.399 e. The molecule has 1 fully saturated rings. The molecule has 2 unspecified atom stereocenters. The van der Waals surface area contributed by atoms with Gasteiger partial charge in [-0.25, -0.2) is 14.8 Å². The number of amides is 2. The topological polar surface area (TPSA) is 130 Å². The number of allylic oxidation sites excluding steroid dienone is 2. The van der Waals surface area contributed by atoms with Crippen LogP contribution in [0.15, 0.2) is 35.4 Å². The number of carbonyl (C=O) groups is 1. The van der Waals surface area contributed by atoms with Crippen LogP contribution in [0.5, 0.6) is 0 Å². The van der Waals surface area contributed by atoms with Crippen molar-refractivity contribution in [2.24, 2.45) is 5.16 Å². The molecule has 1 aliphatic heterocycles. The summed E-state index contributed by atoms with van der Waals surface area (Å²) < 4.78 is 5.41. The van der Waals surface area contributed by atoms with Gasteiger partial charge in [0.25, 0.3) is 0 Å². The maximum Gasteiger partial charge on any atom is 0.319 e. The van der Waals surface area contributed by atoms with E-state index in [2.05, 4.69) is 43.7 Å². The number of hydrogen-bond donors (Lipinski definition) is 3. The van der Waals surface area contributed by atoms with Crippen LogP contribution < -0.4 is 21.3 Å². The smallest absolute Gasteiger partial charge is 0.319 e. The first-order chi connectivity index (χ1) is 16.4. The predicted molar refractivity (Wildman–Crippen MR) is 135 cm³/mol. The molecule has 34 heavy (non-hydrogen) atoms. The van der Waals surface area contributed by atoms with Gasteiger partial charge in [-0.3, -0.25) is 4.90 Å². The molecule has 0 bridgehead atoms. The number of nitrogens with one attached hydrogen (secondary N) is 2. The average molecular weight is 475 g/mol. The van der Waals surface area contributed by atoms with Gasteiger partial charge in [0.1, 0.15) is 25.1 Å². The minimum Gasteiger partial charge on any atom is -0.399 e. The number of rotatable bonds is 11. The first-order valence-electron chi connectivity index (χ1n) is 11.5. The minimum absolute atomic E-state index is 0.122. The van der Waals surface area contributed by atoms with Crippen LogP contribution in [-0.4, -0.2) is 86.2 Å². The maximum atomic E-state index is 12.7. The predicted octanol–water partition coefficient (Wildman–Crippen LogP) is 1.73. The molecule has 188 valence electrons. The molecule has 1 saturated heterocycles.